The number of nitrogens with zero attached hydrogens (tertiary/aromatic N) is 3. The van der Waals surface area contributed by atoms with Gasteiger partial charge in [-0.25, -0.2) is 4.98 Å². The van der Waals surface area contributed by atoms with Gasteiger partial charge in [0.2, 0.25) is 0 Å². The van der Waals surface area contributed by atoms with Crippen molar-refractivity contribution in [2.45, 2.75) is 31.3 Å². The Morgan fingerprint density at radius 1 is 1.22 bits per heavy atom. The van der Waals surface area contributed by atoms with Crippen LogP contribution in [-0.4, -0.2) is 31.1 Å². The zero-order chi connectivity index (χ0) is 15.8. The summed E-state index contributed by atoms with van der Waals surface area (Å²) in [6.45, 7) is 0. The highest BCUT2D eigenvalue weighted by molar-refractivity contribution is 5.90. The van der Waals surface area contributed by atoms with Crippen LogP contribution in [0.5, 0.6) is 0 Å². The number of aromatic amines is 1. The SMILES string of the molecule is O=c1[nH]c([C@@H]2CC[C@H](O)C2)nc2c(-c3cccnc3)nccc12. The summed E-state index contributed by atoms with van der Waals surface area (Å²) < 4.78 is 0. The molecule has 0 aromatic carbocycles. The van der Waals surface area contributed by atoms with Gasteiger partial charge in [0, 0.05) is 30.1 Å². The molecule has 0 bridgehead atoms. The Labute approximate surface area is 132 Å². The molecule has 0 radical (unpaired) electrons. The van der Waals surface area contributed by atoms with Crippen molar-refractivity contribution in [2.75, 3.05) is 0 Å². The molecule has 0 aliphatic heterocycles. The van der Waals surface area contributed by atoms with E-state index in [9.17, 15) is 9.90 Å². The van der Waals surface area contributed by atoms with Crippen molar-refractivity contribution < 1.29 is 5.11 Å². The Kier molecular flexibility index (Phi) is 3.38. The third kappa shape index (κ3) is 2.51. The second-order valence-electron chi connectivity index (χ2n) is 5.91. The lowest BCUT2D eigenvalue weighted by Crippen LogP contribution is -2.15. The molecule has 0 spiro atoms. The highest BCUT2D eigenvalue weighted by Crippen LogP contribution is 2.33. The lowest BCUT2D eigenvalue weighted by molar-refractivity contribution is 0.181. The summed E-state index contributed by atoms with van der Waals surface area (Å²) in [6.07, 6.45) is 6.92. The van der Waals surface area contributed by atoms with Gasteiger partial charge in [0.1, 0.15) is 11.3 Å². The quantitative estimate of drug-likeness (QED) is 0.755. The fourth-order valence-corrected chi connectivity index (χ4v) is 3.20. The second-order valence-corrected chi connectivity index (χ2v) is 5.91. The number of H-pyrrole nitrogens is 1. The summed E-state index contributed by atoms with van der Waals surface area (Å²) in [5.74, 6) is 0.723. The zero-order valence-electron chi connectivity index (χ0n) is 12.4. The Hall–Kier alpha value is -2.60. The molecule has 3 heterocycles. The van der Waals surface area contributed by atoms with E-state index in [1.165, 1.54) is 0 Å². The van der Waals surface area contributed by atoms with Gasteiger partial charge < -0.3 is 10.1 Å². The summed E-state index contributed by atoms with van der Waals surface area (Å²) in [6, 6.07) is 5.40. The van der Waals surface area contributed by atoms with Crippen LogP contribution in [0, 0.1) is 0 Å². The average molecular weight is 308 g/mol. The van der Waals surface area contributed by atoms with Crippen molar-refractivity contribution in [1.29, 1.82) is 0 Å². The topological polar surface area (TPSA) is 91.8 Å². The number of aromatic nitrogens is 4. The number of pyridine rings is 2. The van der Waals surface area contributed by atoms with E-state index >= 15 is 0 Å². The fourth-order valence-electron chi connectivity index (χ4n) is 3.20. The van der Waals surface area contributed by atoms with Crippen molar-refractivity contribution in [3.05, 3.63) is 53.0 Å². The van der Waals surface area contributed by atoms with Gasteiger partial charge in [0.15, 0.2) is 0 Å². The summed E-state index contributed by atoms with van der Waals surface area (Å²) in [7, 11) is 0. The molecule has 1 fully saturated rings. The first-order valence-electron chi connectivity index (χ1n) is 7.70. The standard InChI is InChI=1S/C17H16N4O2/c22-12-4-3-10(8-12)16-20-15-13(17(23)21-16)5-7-19-14(15)11-2-1-6-18-9-11/h1-2,5-7,9-10,12,22H,3-4,8H2,(H,20,21,23)/t10-,12+/m1/s1. The van der Waals surface area contributed by atoms with Crippen LogP contribution >= 0.6 is 0 Å². The fraction of sp³-hybridized carbons (Fsp3) is 0.294. The van der Waals surface area contributed by atoms with Crippen molar-refractivity contribution >= 4 is 10.9 Å². The van der Waals surface area contributed by atoms with Gasteiger partial charge in [-0.3, -0.25) is 14.8 Å². The maximum Gasteiger partial charge on any atom is 0.258 e. The van der Waals surface area contributed by atoms with Gasteiger partial charge in [-0.05, 0) is 37.5 Å². The lowest BCUT2D eigenvalue weighted by Gasteiger charge is -2.11. The molecule has 2 N–H and O–H groups in total. The number of nitrogens with one attached hydrogen (secondary N) is 1. The Balaban J connectivity index is 1.92. The molecule has 2 atom stereocenters. The van der Waals surface area contributed by atoms with Crippen LogP contribution in [0.4, 0.5) is 0 Å². The van der Waals surface area contributed by atoms with Crippen LogP contribution in [0.3, 0.4) is 0 Å². The highest BCUT2D eigenvalue weighted by Gasteiger charge is 2.26. The van der Waals surface area contributed by atoms with E-state index in [0.717, 1.165) is 18.4 Å². The molecule has 0 saturated heterocycles. The average Bonchev–Trinajstić information content (AvgIpc) is 3.02. The summed E-state index contributed by atoms with van der Waals surface area (Å²) >= 11 is 0. The highest BCUT2D eigenvalue weighted by atomic mass is 16.3. The predicted octanol–water partition coefficient (Wildman–Crippen LogP) is 2.01. The molecule has 1 aliphatic rings. The molecular weight excluding hydrogens is 292 g/mol. The first-order chi connectivity index (χ1) is 11.2. The number of hydrogen-bond donors (Lipinski definition) is 2. The molecule has 23 heavy (non-hydrogen) atoms. The molecular formula is C17H16N4O2. The second kappa shape index (κ2) is 5.55. The Bertz CT molecular complexity index is 907. The van der Waals surface area contributed by atoms with Crippen LogP contribution in [0.25, 0.3) is 22.2 Å². The van der Waals surface area contributed by atoms with E-state index in [2.05, 4.69) is 19.9 Å². The lowest BCUT2D eigenvalue weighted by atomic mass is 10.1. The largest absolute Gasteiger partial charge is 0.393 e. The van der Waals surface area contributed by atoms with E-state index in [1.54, 1.807) is 24.7 Å². The zero-order valence-corrected chi connectivity index (χ0v) is 12.4. The summed E-state index contributed by atoms with van der Waals surface area (Å²) in [5, 5.41) is 10.3. The van der Waals surface area contributed by atoms with Crippen LogP contribution in [-0.2, 0) is 0 Å². The monoisotopic (exact) mass is 308 g/mol. The minimum absolute atomic E-state index is 0.0871. The van der Waals surface area contributed by atoms with E-state index in [0.29, 0.717) is 28.8 Å². The molecule has 1 aliphatic carbocycles. The van der Waals surface area contributed by atoms with E-state index in [4.69, 9.17) is 0 Å². The molecule has 0 amide bonds. The van der Waals surface area contributed by atoms with Crippen LogP contribution in [0.15, 0.2) is 41.6 Å². The van der Waals surface area contributed by atoms with E-state index in [1.807, 2.05) is 12.1 Å². The Morgan fingerprint density at radius 2 is 2.13 bits per heavy atom. The van der Waals surface area contributed by atoms with E-state index < -0.39 is 0 Å². The molecule has 3 aromatic rings. The summed E-state index contributed by atoms with van der Waals surface area (Å²) in [5.41, 5.74) is 1.90. The third-order valence-electron chi connectivity index (χ3n) is 4.37. The van der Waals surface area contributed by atoms with Gasteiger partial charge in [0.25, 0.3) is 5.56 Å². The van der Waals surface area contributed by atoms with Crippen LogP contribution < -0.4 is 5.56 Å². The Morgan fingerprint density at radius 3 is 2.87 bits per heavy atom. The van der Waals surface area contributed by atoms with Crippen molar-refractivity contribution in [2.24, 2.45) is 0 Å². The molecule has 4 rings (SSSR count). The minimum Gasteiger partial charge on any atom is -0.393 e. The number of rotatable bonds is 2. The molecule has 0 unspecified atom stereocenters. The first kappa shape index (κ1) is 14.0. The smallest absolute Gasteiger partial charge is 0.258 e. The number of aliphatic hydroxyl groups excluding tert-OH is 1. The van der Waals surface area contributed by atoms with Crippen LogP contribution in [0.2, 0.25) is 0 Å². The van der Waals surface area contributed by atoms with Gasteiger partial charge in [-0.2, -0.15) is 0 Å². The molecule has 1 saturated carbocycles. The predicted molar refractivity (Wildman–Crippen MR) is 86.0 cm³/mol. The number of aliphatic hydroxyl groups is 1. The third-order valence-corrected chi connectivity index (χ3v) is 4.37. The van der Waals surface area contributed by atoms with Crippen LogP contribution in [0.1, 0.15) is 31.0 Å². The van der Waals surface area contributed by atoms with Crippen molar-refractivity contribution in [3.8, 4) is 11.3 Å². The maximum atomic E-state index is 12.4. The molecule has 6 nitrogen and oxygen atoms in total. The summed E-state index contributed by atoms with van der Waals surface area (Å²) in [4.78, 5) is 28.5. The maximum absolute atomic E-state index is 12.4. The van der Waals surface area contributed by atoms with Gasteiger partial charge in [-0.15, -0.1) is 0 Å². The number of fused-ring (bicyclic) bond motifs is 1. The first-order valence-corrected chi connectivity index (χ1v) is 7.70. The molecule has 6 heteroatoms. The van der Waals surface area contributed by atoms with Gasteiger partial charge in [0.05, 0.1) is 17.2 Å². The van der Waals surface area contributed by atoms with Gasteiger partial charge in [-0.1, -0.05) is 0 Å². The van der Waals surface area contributed by atoms with Gasteiger partial charge >= 0.3 is 0 Å². The normalized spacial score (nSPS) is 20.9. The van der Waals surface area contributed by atoms with E-state index in [-0.39, 0.29) is 17.6 Å². The van der Waals surface area contributed by atoms with Crippen molar-refractivity contribution in [1.82, 2.24) is 19.9 Å². The molecule has 3 aromatic heterocycles. The minimum atomic E-state index is -0.312. The van der Waals surface area contributed by atoms with Crippen molar-refractivity contribution in [3.63, 3.8) is 0 Å². The molecule has 116 valence electrons. The number of hydrogen-bond acceptors (Lipinski definition) is 5.